The van der Waals surface area contributed by atoms with E-state index in [9.17, 15) is 29.4 Å². The van der Waals surface area contributed by atoms with Gasteiger partial charge in [0.05, 0.1) is 6.04 Å². The third-order valence-corrected chi connectivity index (χ3v) is 6.05. The summed E-state index contributed by atoms with van der Waals surface area (Å²) in [5.74, 6) is -3.10. The number of hydrogen-bond acceptors (Lipinski definition) is 7. The van der Waals surface area contributed by atoms with Gasteiger partial charge in [-0.25, -0.2) is 4.79 Å². The van der Waals surface area contributed by atoms with Crippen molar-refractivity contribution in [3.05, 3.63) is 29.8 Å². The second kappa shape index (κ2) is 14.6. The lowest BCUT2D eigenvalue weighted by Crippen LogP contribution is -2.59. The largest absolute Gasteiger partial charge is 0.508 e. The SMILES string of the molecule is CCC(C)C(NC(=O)C(Cc1ccc(O)cc1)NC(=O)C(N)CS)C(=O)NC(CC(C)C)C(=O)O. The highest BCUT2D eigenvalue weighted by atomic mass is 32.1. The van der Waals surface area contributed by atoms with Crippen molar-refractivity contribution in [3.63, 3.8) is 0 Å². The predicted molar refractivity (Wildman–Crippen MR) is 136 cm³/mol. The Morgan fingerprint density at radius 2 is 1.51 bits per heavy atom. The molecular weight excluding hydrogens is 472 g/mol. The van der Waals surface area contributed by atoms with Crippen LogP contribution in [0.3, 0.4) is 0 Å². The van der Waals surface area contributed by atoms with Gasteiger partial charge in [-0.05, 0) is 36.0 Å². The maximum atomic E-state index is 13.3. The number of amides is 3. The van der Waals surface area contributed by atoms with E-state index in [4.69, 9.17) is 5.73 Å². The third kappa shape index (κ3) is 10.2. The van der Waals surface area contributed by atoms with Crippen LogP contribution in [0.15, 0.2) is 24.3 Å². The number of phenolic OH excluding ortho intramolecular Hbond substituents is 1. The molecule has 0 radical (unpaired) electrons. The van der Waals surface area contributed by atoms with Crippen LogP contribution in [0.25, 0.3) is 0 Å². The molecule has 0 saturated carbocycles. The standard InChI is InChI=1S/C24H38N4O6S/c1-5-14(4)20(23(32)27-19(24(33)34)10-13(2)3)28-22(31)18(26-21(30)17(25)12-35)11-15-6-8-16(29)9-7-15/h6-9,13-14,17-20,29,35H,5,10-12,25H2,1-4H3,(H,26,30)(H,27,32)(H,28,31)(H,33,34). The van der Waals surface area contributed by atoms with Crippen molar-refractivity contribution in [2.24, 2.45) is 17.6 Å². The van der Waals surface area contributed by atoms with Gasteiger partial charge in [-0.3, -0.25) is 14.4 Å². The monoisotopic (exact) mass is 510 g/mol. The first-order valence-electron chi connectivity index (χ1n) is 11.7. The Hall–Kier alpha value is -2.79. The highest BCUT2D eigenvalue weighted by molar-refractivity contribution is 7.80. The van der Waals surface area contributed by atoms with Crippen molar-refractivity contribution in [3.8, 4) is 5.75 Å². The molecule has 0 aliphatic heterocycles. The normalized spacial score (nSPS) is 15.4. The summed E-state index contributed by atoms with van der Waals surface area (Å²) in [5.41, 5.74) is 6.41. The number of carboxylic acids is 1. The first-order valence-corrected chi connectivity index (χ1v) is 12.3. The number of aromatic hydroxyl groups is 1. The summed E-state index contributed by atoms with van der Waals surface area (Å²) in [4.78, 5) is 50.3. The molecule has 3 amide bonds. The molecule has 0 bridgehead atoms. The van der Waals surface area contributed by atoms with E-state index >= 15 is 0 Å². The van der Waals surface area contributed by atoms with Gasteiger partial charge in [0.25, 0.3) is 0 Å². The zero-order chi connectivity index (χ0) is 26.7. The molecule has 11 heteroatoms. The number of carbonyl (C=O) groups excluding carboxylic acids is 3. The van der Waals surface area contributed by atoms with Crippen LogP contribution in [-0.4, -0.2) is 63.8 Å². The van der Waals surface area contributed by atoms with Crippen LogP contribution < -0.4 is 21.7 Å². The quantitative estimate of drug-likeness (QED) is 0.182. The summed E-state index contributed by atoms with van der Waals surface area (Å²) in [7, 11) is 0. The minimum atomic E-state index is -1.15. The van der Waals surface area contributed by atoms with Gasteiger partial charge in [0.15, 0.2) is 0 Å². The number of aliphatic carboxylic acids is 1. The molecule has 0 aliphatic rings. The Bertz CT molecular complexity index is 864. The van der Waals surface area contributed by atoms with Crippen LogP contribution in [-0.2, 0) is 25.6 Å². The smallest absolute Gasteiger partial charge is 0.326 e. The molecule has 1 aromatic carbocycles. The minimum absolute atomic E-state index is 0.0361. The zero-order valence-electron chi connectivity index (χ0n) is 20.7. The molecule has 0 saturated heterocycles. The van der Waals surface area contributed by atoms with E-state index in [-0.39, 0.29) is 36.2 Å². The predicted octanol–water partition coefficient (Wildman–Crippen LogP) is 0.823. The molecule has 5 atom stereocenters. The van der Waals surface area contributed by atoms with Crippen LogP contribution in [0, 0.1) is 11.8 Å². The minimum Gasteiger partial charge on any atom is -0.508 e. The van der Waals surface area contributed by atoms with Crippen molar-refractivity contribution in [1.29, 1.82) is 0 Å². The lowest BCUT2D eigenvalue weighted by atomic mass is 9.96. The molecule has 0 aromatic heterocycles. The van der Waals surface area contributed by atoms with E-state index in [1.54, 1.807) is 19.1 Å². The molecule has 5 unspecified atom stereocenters. The van der Waals surface area contributed by atoms with Gasteiger partial charge in [-0.15, -0.1) is 0 Å². The van der Waals surface area contributed by atoms with Crippen molar-refractivity contribution in [1.82, 2.24) is 16.0 Å². The van der Waals surface area contributed by atoms with E-state index in [0.717, 1.165) is 0 Å². The van der Waals surface area contributed by atoms with Crippen molar-refractivity contribution < 1.29 is 29.4 Å². The summed E-state index contributed by atoms with van der Waals surface area (Å²) in [6.07, 6.45) is 0.861. The maximum Gasteiger partial charge on any atom is 0.326 e. The van der Waals surface area contributed by atoms with Gasteiger partial charge in [-0.2, -0.15) is 12.6 Å². The van der Waals surface area contributed by atoms with Crippen LogP contribution >= 0.6 is 12.6 Å². The lowest BCUT2D eigenvalue weighted by Gasteiger charge is -2.28. The summed E-state index contributed by atoms with van der Waals surface area (Å²) < 4.78 is 0. The van der Waals surface area contributed by atoms with Gasteiger partial charge in [0, 0.05) is 12.2 Å². The van der Waals surface area contributed by atoms with Crippen LogP contribution in [0.1, 0.15) is 46.1 Å². The van der Waals surface area contributed by atoms with Gasteiger partial charge >= 0.3 is 5.97 Å². The molecule has 35 heavy (non-hydrogen) atoms. The topological polar surface area (TPSA) is 171 Å². The average molecular weight is 511 g/mol. The molecule has 1 aromatic rings. The van der Waals surface area contributed by atoms with Gasteiger partial charge in [-0.1, -0.05) is 46.2 Å². The first-order chi connectivity index (χ1) is 16.4. The fourth-order valence-corrected chi connectivity index (χ4v) is 3.51. The van der Waals surface area contributed by atoms with Crippen LogP contribution in [0.4, 0.5) is 0 Å². The number of hydrogen-bond donors (Lipinski definition) is 7. The van der Waals surface area contributed by atoms with Crippen molar-refractivity contribution in [2.75, 3.05) is 5.75 Å². The molecule has 10 nitrogen and oxygen atoms in total. The molecule has 0 aliphatic carbocycles. The van der Waals surface area contributed by atoms with Crippen LogP contribution in [0.2, 0.25) is 0 Å². The molecule has 0 fully saturated rings. The maximum absolute atomic E-state index is 13.3. The summed E-state index contributed by atoms with van der Waals surface area (Å²) in [5, 5.41) is 26.8. The number of thiol groups is 1. The second-order valence-corrected chi connectivity index (χ2v) is 9.49. The fourth-order valence-electron chi connectivity index (χ4n) is 3.35. The first kappa shape index (κ1) is 30.2. The zero-order valence-corrected chi connectivity index (χ0v) is 21.5. The summed E-state index contributed by atoms with van der Waals surface area (Å²) >= 11 is 4.02. The number of nitrogens with two attached hydrogens (primary N) is 1. The Labute approximate surface area is 211 Å². The van der Waals surface area contributed by atoms with E-state index in [2.05, 4.69) is 28.6 Å². The highest BCUT2D eigenvalue weighted by Crippen LogP contribution is 2.14. The van der Waals surface area contributed by atoms with E-state index < -0.39 is 47.9 Å². The van der Waals surface area contributed by atoms with Crippen molar-refractivity contribution in [2.45, 2.75) is 71.1 Å². The molecule has 7 N–H and O–H groups in total. The van der Waals surface area contributed by atoms with Crippen molar-refractivity contribution >= 4 is 36.3 Å². The van der Waals surface area contributed by atoms with Gasteiger partial charge in [0.2, 0.25) is 17.7 Å². The van der Waals surface area contributed by atoms with Crippen LogP contribution in [0.5, 0.6) is 5.75 Å². The Morgan fingerprint density at radius 3 is 2.00 bits per heavy atom. The van der Waals surface area contributed by atoms with Gasteiger partial charge in [0.1, 0.15) is 23.9 Å². The Kier molecular flexibility index (Phi) is 12.6. The molecule has 1 rings (SSSR count). The number of carbonyl (C=O) groups is 4. The lowest BCUT2D eigenvalue weighted by molar-refractivity contribution is -0.143. The highest BCUT2D eigenvalue weighted by Gasteiger charge is 2.33. The second-order valence-electron chi connectivity index (χ2n) is 9.12. The average Bonchev–Trinajstić information content (AvgIpc) is 2.81. The molecule has 0 spiro atoms. The van der Waals surface area contributed by atoms with Gasteiger partial charge < -0.3 is 31.9 Å². The molecular formula is C24H38N4O6S. The molecule has 0 heterocycles. The summed E-state index contributed by atoms with van der Waals surface area (Å²) in [6, 6.07) is 2.04. The van der Waals surface area contributed by atoms with E-state index in [0.29, 0.717) is 12.0 Å². The Balaban J connectivity index is 3.13. The third-order valence-electron chi connectivity index (χ3n) is 5.66. The van der Waals surface area contributed by atoms with E-state index in [1.165, 1.54) is 12.1 Å². The summed E-state index contributed by atoms with van der Waals surface area (Å²) in [6.45, 7) is 7.32. The Morgan fingerprint density at radius 1 is 0.943 bits per heavy atom. The fraction of sp³-hybridized carbons (Fsp3) is 0.583. The number of carboxylic acid groups (broad SMARTS) is 1. The molecule has 196 valence electrons. The number of phenols is 1. The number of rotatable bonds is 14. The number of nitrogens with one attached hydrogen (secondary N) is 3. The van der Waals surface area contributed by atoms with E-state index in [1.807, 2.05) is 20.8 Å². The number of benzene rings is 1.